The number of aromatic nitrogens is 3. The van der Waals surface area contributed by atoms with Crippen molar-refractivity contribution in [2.75, 3.05) is 12.8 Å². The van der Waals surface area contributed by atoms with E-state index in [0.29, 0.717) is 10.3 Å². The predicted molar refractivity (Wildman–Crippen MR) is 85.9 cm³/mol. The first-order chi connectivity index (χ1) is 10.3. The van der Waals surface area contributed by atoms with Crippen LogP contribution in [0.1, 0.15) is 0 Å². The lowest BCUT2D eigenvalue weighted by Crippen LogP contribution is -1.90. The zero-order chi connectivity index (χ0) is 14.7. The maximum absolute atomic E-state index is 5.88. The molecule has 0 unspecified atom stereocenters. The van der Waals surface area contributed by atoms with Gasteiger partial charge in [-0.3, -0.25) is 0 Å². The monoisotopic (exact) mass is 316 g/mol. The highest BCUT2D eigenvalue weighted by Crippen LogP contribution is 2.37. The molecule has 0 saturated carbocycles. The standard InChI is InChI=1S/C14H12N4OS2/c1-19-21-14-16-8-7-10(17-14)12-11(18-13(15)20-12)9-5-3-2-4-6-9/h2-8H,1H3,(H2,15,18). The van der Waals surface area contributed by atoms with Crippen molar-refractivity contribution in [3.05, 3.63) is 42.6 Å². The van der Waals surface area contributed by atoms with Crippen molar-refractivity contribution in [3.8, 4) is 21.8 Å². The first-order valence-corrected chi connectivity index (χ1v) is 7.69. The van der Waals surface area contributed by atoms with E-state index in [-0.39, 0.29) is 0 Å². The van der Waals surface area contributed by atoms with Gasteiger partial charge in [0.25, 0.3) is 0 Å². The molecule has 0 aliphatic carbocycles. The maximum atomic E-state index is 5.88. The van der Waals surface area contributed by atoms with Crippen LogP contribution in [0.25, 0.3) is 21.8 Å². The Morgan fingerprint density at radius 2 is 1.95 bits per heavy atom. The van der Waals surface area contributed by atoms with Gasteiger partial charge in [0.05, 0.1) is 35.4 Å². The molecule has 5 nitrogen and oxygen atoms in total. The zero-order valence-electron chi connectivity index (χ0n) is 11.2. The Balaban J connectivity index is 2.09. The topological polar surface area (TPSA) is 73.9 Å². The highest BCUT2D eigenvalue weighted by Gasteiger charge is 2.15. The van der Waals surface area contributed by atoms with Crippen molar-refractivity contribution in [2.45, 2.75) is 5.16 Å². The van der Waals surface area contributed by atoms with E-state index in [2.05, 4.69) is 15.0 Å². The average molecular weight is 316 g/mol. The normalized spacial score (nSPS) is 10.7. The summed E-state index contributed by atoms with van der Waals surface area (Å²) in [6.45, 7) is 0. The fourth-order valence-electron chi connectivity index (χ4n) is 1.88. The van der Waals surface area contributed by atoms with Crippen LogP contribution < -0.4 is 5.73 Å². The summed E-state index contributed by atoms with van der Waals surface area (Å²) in [7, 11) is 1.58. The van der Waals surface area contributed by atoms with E-state index in [1.165, 1.54) is 11.3 Å². The summed E-state index contributed by atoms with van der Waals surface area (Å²) in [5, 5.41) is 1.07. The Morgan fingerprint density at radius 1 is 1.14 bits per heavy atom. The number of hydrogen-bond donors (Lipinski definition) is 1. The van der Waals surface area contributed by atoms with Gasteiger partial charge in [-0.2, -0.15) is 0 Å². The van der Waals surface area contributed by atoms with Crippen LogP contribution in [0.5, 0.6) is 0 Å². The Hall–Kier alpha value is -1.96. The minimum Gasteiger partial charge on any atom is -0.375 e. The summed E-state index contributed by atoms with van der Waals surface area (Å²) in [4.78, 5) is 14.0. The second-order valence-corrected chi connectivity index (χ2v) is 5.97. The highest BCUT2D eigenvalue weighted by molar-refractivity contribution is 7.94. The molecule has 7 heteroatoms. The SMILES string of the molecule is COSc1nccc(-c2sc(N)nc2-c2ccccc2)n1. The van der Waals surface area contributed by atoms with Crippen LogP contribution in [0.3, 0.4) is 0 Å². The Labute approximate surface area is 130 Å². The number of thiazole rings is 1. The van der Waals surface area contributed by atoms with Gasteiger partial charge in [0.15, 0.2) is 5.13 Å². The molecule has 0 fully saturated rings. The minimum absolute atomic E-state index is 0.517. The Bertz CT molecular complexity index is 746. The number of rotatable bonds is 4. The molecule has 106 valence electrons. The Morgan fingerprint density at radius 3 is 2.71 bits per heavy atom. The molecule has 0 aliphatic rings. The zero-order valence-corrected chi connectivity index (χ0v) is 12.8. The minimum atomic E-state index is 0.517. The van der Waals surface area contributed by atoms with E-state index in [4.69, 9.17) is 9.92 Å². The van der Waals surface area contributed by atoms with Gasteiger partial charge in [-0.1, -0.05) is 41.7 Å². The second-order valence-electron chi connectivity index (χ2n) is 4.07. The molecule has 1 aromatic carbocycles. The van der Waals surface area contributed by atoms with Crippen LogP contribution in [0.15, 0.2) is 47.8 Å². The highest BCUT2D eigenvalue weighted by atomic mass is 32.2. The molecule has 21 heavy (non-hydrogen) atoms. The molecule has 0 atom stereocenters. The van der Waals surface area contributed by atoms with Gasteiger partial charge in [0.1, 0.15) is 0 Å². The molecule has 2 heterocycles. The third-order valence-electron chi connectivity index (χ3n) is 2.71. The quantitative estimate of drug-likeness (QED) is 0.586. The van der Waals surface area contributed by atoms with E-state index in [9.17, 15) is 0 Å². The van der Waals surface area contributed by atoms with E-state index in [1.54, 1.807) is 13.3 Å². The third-order valence-corrected chi connectivity index (χ3v) is 4.13. The van der Waals surface area contributed by atoms with Gasteiger partial charge in [0, 0.05) is 11.8 Å². The molecule has 3 aromatic rings. The number of anilines is 1. The largest absolute Gasteiger partial charge is 0.375 e. The van der Waals surface area contributed by atoms with Gasteiger partial charge < -0.3 is 9.92 Å². The average Bonchev–Trinajstić information content (AvgIpc) is 2.91. The van der Waals surface area contributed by atoms with Crippen LogP contribution >= 0.6 is 23.4 Å². The fourth-order valence-corrected chi connectivity index (χ4v) is 3.10. The molecule has 0 spiro atoms. The van der Waals surface area contributed by atoms with Crippen molar-refractivity contribution in [3.63, 3.8) is 0 Å². The summed E-state index contributed by atoms with van der Waals surface area (Å²) < 4.78 is 4.99. The maximum Gasteiger partial charge on any atom is 0.215 e. The molecule has 0 saturated heterocycles. The lowest BCUT2D eigenvalue weighted by molar-refractivity contribution is 0.486. The van der Waals surface area contributed by atoms with Crippen LogP contribution in [-0.2, 0) is 4.18 Å². The van der Waals surface area contributed by atoms with Crippen LogP contribution in [0.4, 0.5) is 5.13 Å². The van der Waals surface area contributed by atoms with E-state index < -0.39 is 0 Å². The number of benzene rings is 1. The molecule has 0 aliphatic heterocycles. The number of nitrogen functional groups attached to an aromatic ring is 1. The lowest BCUT2D eigenvalue weighted by atomic mass is 10.1. The predicted octanol–water partition coefficient (Wildman–Crippen LogP) is 3.50. The van der Waals surface area contributed by atoms with Gasteiger partial charge in [-0.25, -0.2) is 15.0 Å². The van der Waals surface area contributed by atoms with Crippen LogP contribution in [0.2, 0.25) is 0 Å². The van der Waals surface area contributed by atoms with Gasteiger partial charge >= 0.3 is 0 Å². The summed E-state index contributed by atoms with van der Waals surface area (Å²) in [5.41, 5.74) is 8.53. The molecule has 2 aromatic heterocycles. The van der Waals surface area contributed by atoms with E-state index in [1.807, 2.05) is 36.4 Å². The number of hydrogen-bond acceptors (Lipinski definition) is 7. The van der Waals surface area contributed by atoms with Crippen LogP contribution in [-0.4, -0.2) is 22.1 Å². The second kappa shape index (κ2) is 6.21. The van der Waals surface area contributed by atoms with Crippen molar-refractivity contribution in [1.29, 1.82) is 0 Å². The molecule has 0 amide bonds. The first-order valence-electron chi connectivity index (χ1n) is 6.13. The van der Waals surface area contributed by atoms with Gasteiger partial charge in [0.2, 0.25) is 5.16 Å². The van der Waals surface area contributed by atoms with Crippen molar-refractivity contribution < 1.29 is 4.18 Å². The molecule has 2 N–H and O–H groups in total. The van der Waals surface area contributed by atoms with Gasteiger partial charge in [-0.05, 0) is 6.07 Å². The smallest absolute Gasteiger partial charge is 0.215 e. The summed E-state index contributed by atoms with van der Waals surface area (Å²) in [5.74, 6) is 0. The first kappa shape index (κ1) is 14.0. The molecule has 3 rings (SSSR count). The van der Waals surface area contributed by atoms with Crippen molar-refractivity contribution in [1.82, 2.24) is 15.0 Å². The van der Waals surface area contributed by atoms with Gasteiger partial charge in [-0.15, -0.1) is 0 Å². The van der Waals surface area contributed by atoms with E-state index in [0.717, 1.165) is 33.9 Å². The molecule has 0 radical (unpaired) electrons. The molecule has 0 bridgehead atoms. The summed E-state index contributed by atoms with van der Waals surface area (Å²) >= 11 is 2.54. The fraction of sp³-hybridized carbons (Fsp3) is 0.0714. The molecular formula is C14H12N4OS2. The van der Waals surface area contributed by atoms with Crippen molar-refractivity contribution >= 4 is 28.5 Å². The van der Waals surface area contributed by atoms with Crippen LogP contribution in [0, 0.1) is 0 Å². The number of nitrogens with two attached hydrogens (primary N) is 1. The third kappa shape index (κ3) is 3.05. The lowest BCUT2D eigenvalue weighted by Gasteiger charge is -2.03. The van der Waals surface area contributed by atoms with E-state index >= 15 is 0 Å². The summed E-state index contributed by atoms with van der Waals surface area (Å²) in [6.07, 6.45) is 1.70. The number of nitrogens with zero attached hydrogens (tertiary/aromatic N) is 3. The Kier molecular flexibility index (Phi) is 4.14. The van der Waals surface area contributed by atoms with Crippen molar-refractivity contribution in [2.24, 2.45) is 0 Å². The molecular weight excluding hydrogens is 304 g/mol. The summed E-state index contributed by atoms with van der Waals surface area (Å²) in [6, 6.07) is 11.8.